The summed E-state index contributed by atoms with van der Waals surface area (Å²) < 4.78 is 18.9. The lowest BCUT2D eigenvalue weighted by molar-refractivity contribution is -0.144. The zero-order valence-corrected chi connectivity index (χ0v) is 15.3. The van der Waals surface area contributed by atoms with Gasteiger partial charge in [-0.15, -0.1) is 0 Å². The molecule has 2 unspecified atom stereocenters. The van der Waals surface area contributed by atoms with Crippen molar-refractivity contribution in [2.75, 3.05) is 13.2 Å². The number of aromatic nitrogens is 1. The fourth-order valence-electron chi connectivity index (χ4n) is 3.45. The molecule has 1 aromatic heterocycles. The van der Waals surface area contributed by atoms with Gasteiger partial charge in [-0.05, 0) is 56.0 Å². The average Bonchev–Trinajstić information content (AvgIpc) is 2.68. The van der Waals surface area contributed by atoms with E-state index in [1.54, 1.807) is 12.3 Å². The number of carbonyl (C=O) groups is 2. The second-order valence-electron chi connectivity index (χ2n) is 6.73. The van der Waals surface area contributed by atoms with Gasteiger partial charge < -0.3 is 10.1 Å². The van der Waals surface area contributed by atoms with E-state index in [0.29, 0.717) is 24.9 Å². The summed E-state index contributed by atoms with van der Waals surface area (Å²) in [7, 11) is 0. The molecule has 5 nitrogen and oxygen atoms in total. The molecule has 1 saturated heterocycles. The Kier molecular flexibility index (Phi) is 6.29. The third-order valence-electron chi connectivity index (χ3n) is 4.88. The van der Waals surface area contributed by atoms with Crippen molar-refractivity contribution in [3.8, 4) is 11.1 Å². The number of nitrogens with one attached hydrogen (secondary N) is 1. The van der Waals surface area contributed by atoms with Gasteiger partial charge >= 0.3 is 5.97 Å². The number of esters is 1. The first kappa shape index (κ1) is 19.2. The highest BCUT2D eigenvalue weighted by molar-refractivity contribution is 5.77. The first-order valence-electron chi connectivity index (χ1n) is 9.20. The highest BCUT2D eigenvalue weighted by Crippen LogP contribution is 2.30. The summed E-state index contributed by atoms with van der Waals surface area (Å²) >= 11 is 0. The van der Waals surface area contributed by atoms with Gasteiger partial charge in [0.25, 0.3) is 0 Å². The monoisotopic (exact) mass is 370 g/mol. The van der Waals surface area contributed by atoms with Gasteiger partial charge in [-0.2, -0.15) is 0 Å². The second kappa shape index (κ2) is 8.86. The molecular weight excluding hydrogens is 347 g/mol. The van der Waals surface area contributed by atoms with E-state index in [2.05, 4.69) is 10.3 Å². The summed E-state index contributed by atoms with van der Waals surface area (Å²) in [5, 5.41) is 3.44. The van der Waals surface area contributed by atoms with Gasteiger partial charge in [-0.25, -0.2) is 4.39 Å². The molecule has 1 fully saturated rings. The number of halogens is 1. The number of carbonyl (C=O) groups excluding carboxylic acids is 2. The quantitative estimate of drug-likeness (QED) is 0.620. The maximum atomic E-state index is 13.8. The molecule has 27 heavy (non-hydrogen) atoms. The third kappa shape index (κ3) is 4.77. The SMILES string of the molecule is CCOC(=O)CC1CCNC(c2ccc(-c3ccc(C=O)c(F)c3)cn2)C1. The molecular formula is C21H23FN2O3. The van der Waals surface area contributed by atoms with Crippen LogP contribution < -0.4 is 5.32 Å². The largest absolute Gasteiger partial charge is 0.466 e. The molecule has 0 saturated carbocycles. The molecule has 3 rings (SSSR count). The van der Waals surface area contributed by atoms with E-state index in [-0.39, 0.29) is 23.5 Å². The van der Waals surface area contributed by atoms with Crippen LogP contribution in [-0.4, -0.2) is 30.4 Å². The molecule has 1 aromatic carbocycles. The van der Waals surface area contributed by atoms with Crippen LogP contribution >= 0.6 is 0 Å². The predicted molar refractivity (Wildman–Crippen MR) is 99.7 cm³/mol. The Morgan fingerprint density at radius 1 is 1.33 bits per heavy atom. The number of benzene rings is 1. The summed E-state index contributed by atoms with van der Waals surface area (Å²) in [6.07, 6.45) is 4.42. The average molecular weight is 370 g/mol. The topological polar surface area (TPSA) is 68.3 Å². The van der Waals surface area contributed by atoms with Gasteiger partial charge in [-0.3, -0.25) is 14.6 Å². The number of rotatable bonds is 6. The van der Waals surface area contributed by atoms with Crippen molar-refractivity contribution in [3.63, 3.8) is 0 Å². The lowest BCUT2D eigenvalue weighted by Gasteiger charge is -2.29. The standard InChI is InChI=1S/C21H23FN2O3/c1-2-27-21(26)10-14-7-8-23-20(9-14)19-6-5-16(12-24-19)15-3-4-17(13-25)18(22)11-15/h3-6,11-14,20,23H,2,7-10H2,1H3. The van der Waals surface area contributed by atoms with Gasteiger partial charge in [0.05, 0.1) is 17.9 Å². The number of nitrogens with zero attached hydrogens (tertiary/aromatic N) is 1. The summed E-state index contributed by atoms with van der Waals surface area (Å²) in [6.45, 7) is 3.05. The molecule has 0 radical (unpaired) electrons. The summed E-state index contributed by atoms with van der Waals surface area (Å²) in [6, 6.07) is 8.42. The van der Waals surface area contributed by atoms with Crippen molar-refractivity contribution in [1.82, 2.24) is 10.3 Å². The highest BCUT2D eigenvalue weighted by Gasteiger charge is 2.25. The minimum absolute atomic E-state index is 0.0439. The molecule has 142 valence electrons. The normalized spacial score (nSPS) is 19.5. The fraction of sp³-hybridized carbons (Fsp3) is 0.381. The van der Waals surface area contributed by atoms with E-state index in [0.717, 1.165) is 30.6 Å². The zero-order valence-electron chi connectivity index (χ0n) is 15.3. The van der Waals surface area contributed by atoms with Gasteiger partial charge in [-0.1, -0.05) is 12.1 Å². The van der Waals surface area contributed by atoms with Crippen molar-refractivity contribution < 1.29 is 18.7 Å². The van der Waals surface area contributed by atoms with Crippen LogP contribution in [0.25, 0.3) is 11.1 Å². The molecule has 2 aromatic rings. The first-order valence-corrected chi connectivity index (χ1v) is 9.20. The number of pyridine rings is 1. The number of ether oxygens (including phenoxy) is 1. The van der Waals surface area contributed by atoms with E-state index in [1.165, 1.54) is 12.1 Å². The molecule has 0 amide bonds. The van der Waals surface area contributed by atoms with E-state index in [4.69, 9.17) is 4.74 Å². The summed E-state index contributed by atoms with van der Waals surface area (Å²) in [5.41, 5.74) is 2.41. The lowest BCUT2D eigenvalue weighted by atomic mass is 9.88. The zero-order chi connectivity index (χ0) is 19.2. The van der Waals surface area contributed by atoms with Crippen molar-refractivity contribution in [3.05, 3.63) is 53.6 Å². The van der Waals surface area contributed by atoms with Crippen molar-refractivity contribution >= 4 is 12.3 Å². The van der Waals surface area contributed by atoms with Crippen LogP contribution in [0.15, 0.2) is 36.5 Å². The Morgan fingerprint density at radius 3 is 2.81 bits per heavy atom. The van der Waals surface area contributed by atoms with Crippen LogP contribution in [0.5, 0.6) is 0 Å². The molecule has 1 aliphatic rings. The molecule has 2 heterocycles. The van der Waals surface area contributed by atoms with Crippen LogP contribution in [-0.2, 0) is 9.53 Å². The summed E-state index contributed by atoms with van der Waals surface area (Å²) in [5.74, 6) is -0.406. The minimum atomic E-state index is -0.540. The lowest BCUT2D eigenvalue weighted by Crippen LogP contribution is -2.33. The fourth-order valence-corrected chi connectivity index (χ4v) is 3.45. The van der Waals surface area contributed by atoms with Gasteiger partial charge in [0.15, 0.2) is 6.29 Å². The second-order valence-corrected chi connectivity index (χ2v) is 6.73. The van der Waals surface area contributed by atoms with Gasteiger partial charge in [0, 0.05) is 24.2 Å². The van der Waals surface area contributed by atoms with Gasteiger partial charge in [0.2, 0.25) is 0 Å². The van der Waals surface area contributed by atoms with Gasteiger partial charge in [0.1, 0.15) is 5.82 Å². The van der Waals surface area contributed by atoms with Crippen molar-refractivity contribution in [1.29, 1.82) is 0 Å². The Balaban J connectivity index is 1.68. The Labute approximate surface area is 158 Å². The highest BCUT2D eigenvalue weighted by atomic mass is 19.1. The number of hydrogen-bond acceptors (Lipinski definition) is 5. The Morgan fingerprint density at radius 2 is 2.15 bits per heavy atom. The van der Waals surface area contributed by atoms with Crippen LogP contribution in [0.3, 0.4) is 0 Å². The number of hydrogen-bond donors (Lipinski definition) is 1. The maximum absolute atomic E-state index is 13.8. The smallest absolute Gasteiger partial charge is 0.306 e. The van der Waals surface area contributed by atoms with Crippen molar-refractivity contribution in [2.24, 2.45) is 5.92 Å². The number of aldehydes is 1. The van der Waals surface area contributed by atoms with Crippen molar-refractivity contribution in [2.45, 2.75) is 32.2 Å². The van der Waals surface area contributed by atoms with Crippen LogP contribution in [0.1, 0.15) is 48.3 Å². The maximum Gasteiger partial charge on any atom is 0.306 e. The third-order valence-corrected chi connectivity index (χ3v) is 4.88. The van der Waals surface area contributed by atoms with Crippen LogP contribution in [0.2, 0.25) is 0 Å². The Bertz CT molecular complexity index is 808. The minimum Gasteiger partial charge on any atom is -0.466 e. The van der Waals surface area contributed by atoms with Crippen LogP contribution in [0, 0.1) is 11.7 Å². The molecule has 6 heteroatoms. The van der Waals surface area contributed by atoms with E-state index in [9.17, 15) is 14.0 Å². The van der Waals surface area contributed by atoms with Crippen LogP contribution in [0.4, 0.5) is 4.39 Å². The van der Waals surface area contributed by atoms with E-state index < -0.39 is 5.82 Å². The summed E-state index contributed by atoms with van der Waals surface area (Å²) in [4.78, 5) is 27.0. The molecule has 2 atom stereocenters. The molecule has 0 aliphatic carbocycles. The predicted octanol–water partition coefficient (Wildman–Crippen LogP) is 3.69. The molecule has 0 spiro atoms. The Hall–Kier alpha value is -2.60. The molecule has 1 N–H and O–H groups in total. The van der Waals surface area contributed by atoms with E-state index >= 15 is 0 Å². The molecule has 0 bridgehead atoms. The van der Waals surface area contributed by atoms with E-state index in [1.807, 2.05) is 19.1 Å². The number of piperidine rings is 1. The first-order chi connectivity index (χ1) is 13.1. The molecule has 1 aliphatic heterocycles.